The maximum absolute atomic E-state index is 14.0. The highest BCUT2D eigenvalue weighted by atomic mass is 19.4. The average molecular weight is 548 g/mol. The van der Waals surface area contributed by atoms with Crippen molar-refractivity contribution in [3.63, 3.8) is 0 Å². The Morgan fingerprint density at radius 1 is 0.471 bits per heavy atom. The molecule has 0 unspecified atom stereocenters. The molecule has 1 heterocycles. The Morgan fingerprint density at radius 3 is 1.18 bits per heavy atom. The van der Waals surface area contributed by atoms with E-state index in [-0.39, 0.29) is 4.98 Å². The SMILES string of the molecule is O=c1[nH]c(C(F)(F)F)c(C(F)(F)C(F)(F)C(F)(F)C(F)(F)C(F)(F)C(F)(F)C(F)(F)F)c(=O)[nH]1. The van der Waals surface area contributed by atoms with E-state index in [9.17, 15) is 88.6 Å². The molecule has 0 saturated carbocycles. The third-order valence-corrected chi connectivity index (χ3v) is 3.87. The summed E-state index contributed by atoms with van der Waals surface area (Å²) in [5, 5.41) is 0. The first-order valence-electron chi connectivity index (χ1n) is 7.31. The van der Waals surface area contributed by atoms with Crippen molar-refractivity contribution >= 4 is 0 Å². The fourth-order valence-corrected chi connectivity index (χ4v) is 2.12. The molecule has 0 aromatic carbocycles. The van der Waals surface area contributed by atoms with Crippen LogP contribution in [0.4, 0.5) is 79.0 Å². The molecule has 0 bridgehead atoms. The van der Waals surface area contributed by atoms with E-state index in [1.807, 2.05) is 0 Å². The summed E-state index contributed by atoms with van der Waals surface area (Å²) in [7, 11) is 0. The average Bonchev–Trinajstić information content (AvgIpc) is 2.57. The van der Waals surface area contributed by atoms with Crippen molar-refractivity contribution in [2.45, 2.75) is 47.9 Å². The van der Waals surface area contributed by atoms with E-state index in [2.05, 4.69) is 0 Å². The van der Waals surface area contributed by atoms with Gasteiger partial charge in [-0.1, -0.05) is 0 Å². The minimum Gasteiger partial charge on any atom is -0.303 e. The lowest BCUT2D eigenvalue weighted by molar-refractivity contribution is -0.454. The number of rotatable bonds is 6. The summed E-state index contributed by atoms with van der Waals surface area (Å²) >= 11 is 0. The van der Waals surface area contributed by atoms with Crippen LogP contribution in [0.2, 0.25) is 0 Å². The summed E-state index contributed by atoms with van der Waals surface area (Å²) in [6.07, 6.45) is -14.4. The molecule has 0 saturated heterocycles. The van der Waals surface area contributed by atoms with Crippen LogP contribution in [0.3, 0.4) is 0 Å². The quantitative estimate of drug-likeness (QED) is 0.497. The minimum absolute atomic E-state index is 0.201. The predicted molar refractivity (Wildman–Crippen MR) is 67.4 cm³/mol. The molecule has 2 N–H and O–H groups in total. The van der Waals surface area contributed by atoms with Crippen LogP contribution in [0.5, 0.6) is 0 Å². The van der Waals surface area contributed by atoms with Crippen LogP contribution in [-0.4, -0.2) is 45.8 Å². The Labute approximate surface area is 170 Å². The van der Waals surface area contributed by atoms with E-state index >= 15 is 0 Å². The van der Waals surface area contributed by atoms with Gasteiger partial charge in [-0.25, -0.2) is 4.79 Å². The van der Waals surface area contributed by atoms with Crippen LogP contribution in [0.25, 0.3) is 0 Å². The number of aromatic nitrogens is 2. The molecular formula is C12H2F18N2O2. The second kappa shape index (κ2) is 7.46. The van der Waals surface area contributed by atoms with Gasteiger partial charge in [0, 0.05) is 0 Å². The second-order valence-electron chi connectivity index (χ2n) is 6.10. The van der Waals surface area contributed by atoms with E-state index in [1.165, 1.54) is 0 Å². The zero-order valence-corrected chi connectivity index (χ0v) is 14.6. The monoisotopic (exact) mass is 548 g/mol. The van der Waals surface area contributed by atoms with Crippen molar-refractivity contribution in [2.24, 2.45) is 0 Å². The number of hydrogen-bond acceptors (Lipinski definition) is 2. The molecular weight excluding hydrogens is 546 g/mol. The van der Waals surface area contributed by atoms with Crippen LogP contribution in [0.15, 0.2) is 9.59 Å². The highest BCUT2D eigenvalue weighted by Crippen LogP contribution is 2.63. The van der Waals surface area contributed by atoms with E-state index in [0.29, 0.717) is 4.98 Å². The van der Waals surface area contributed by atoms with Crippen molar-refractivity contribution in [2.75, 3.05) is 0 Å². The molecule has 0 fully saturated rings. The van der Waals surface area contributed by atoms with Gasteiger partial charge >= 0.3 is 53.6 Å². The zero-order chi connectivity index (χ0) is 27.7. The Bertz CT molecular complexity index is 1040. The minimum atomic E-state index is -8.76. The molecule has 4 nitrogen and oxygen atoms in total. The van der Waals surface area contributed by atoms with Crippen molar-refractivity contribution in [3.8, 4) is 0 Å². The standard InChI is InChI=1S/C12H2F18N2O2/c13-5(14,1-2(6(15,16)17)31-4(34)32-3(1)33)7(18,19)8(20,21)9(22,23)10(24,25)11(26,27)12(28,29)30/h(H2,31,32,33,34). The summed E-state index contributed by atoms with van der Waals surface area (Å²) in [5.41, 5.74) is -13.3. The highest BCUT2D eigenvalue weighted by Gasteiger charge is 2.93. The van der Waals surface area contributed by atoms with Gasteiger partial charge in [0.15, 0.2) is 0 Å². The molecule has 0 aliphatic rings. The van der Waals surface area contributed by atoms with Crippen molar-refractivity contribution in [1.29, 1.82) is 0 Å². The van der Waals surface area contributed by atoms with Gasteiger partial charge in [-0.2, -0.15) is 79.0 Å². The lowest BCUT2D eigenvalue weighted by Gasteiger charge is -2.41. The Balaban J connectivity index is 3.97. The first kappa shape index (κ1) is 29.5. The number of alkyl halides is 18. The lowest BCUT2D eigenvalue weighted by atomic mass is 9.88. The summed E-state index contributed by atoms with van der Waals surface area (Å²) < 4.78 is 235. The maximum atomic E-state index is 14.0. The fourth-order valence-electron chi connectivity index (χ4n) is 2.12. The molecule has 0 aliphatic carbocycles. The first-order chi connectivity index (χ1) is 14.5. The molecule has 198 valence electrons. The van der Waals surface area contributed by atoms with Crippen LogP contribution in [-0.2, 0) is 12.1 Å². The Morgan fingerprint density at radius 2 is 0.824 bits per heavy atom. The zero-order valence-electron chi connectivity index (χ0n) is 14.6. The van der Waals surface area contributed by atoms with E-state index in [4.69, 9.17) is 0 Å². The molecule has 1 rings (SSSR count). The van der Waals surface area contributed by atoms with Gasteiger partial charge in [0.25, 0.3) is 5.56 Å². The largest absolute Gasteiger partial charge is 0.460 e. The molecule has 0 aliphatic heterocycles. The third-order valence-electron chi connectivity index (χ3n) is 3.87. The van der Waals surface area contributed by atoms with Gasteiger partial charge in [-0.3, -0.25) is 9.78 Å². The highest BCUT2D eigenvalue weighted by molar-refractivity contribution is 5.29. The smallest absolute Gasteiger partial charge is 0.303 e. The normalized spacial score (nSPS) is 15.6. The third kappa shape index (κ3) is 3.77. The van der Waals surface area contributed by atoms with Gasteiger partial charge < -0.3 is 4.98 Å². The van der Waals surface area contributed by atoms with E-state index in [1.54, 1.807) is 0 Å². The van der Waals surface area contributed by atoms with Gasteiger partial charge in [-0.05, 0) is 0 Å². The Kier molecular flexibility index (Phi) is 6.46. The van der Waals surface area contributed by atoms with Crippen LogP contribution in [0, 0.1) is 0 Å². The van der Waals surface area contributed by atoms with Crippen LogP contribution >= 0.6 is 0 Å². The van der Waals surface area contributed by atoms with Gasteiger partial charge in [0.2, 0.25) is 0 Å². The summed E-state index contributed by atoms with van der Waals surface area (Å²) in [6.45, 7) is 0. The second-order valence-corrected chi connectivity index (χ2v) is 6.10. The molecule has 0 amide bonds. The van der Waals surface area contributed by atoms with Gasteiger partial charge in [-0.15, -0.1) is 0 Å². The van der Waals surface area contributed by atoms with Crippen LogP contribution in [0.1, 0.15) is 11.3 Å². The van der Waals surface area contributed by atoms with Crippen LogP contribution < -0.4 is 11.2 Å². The number of hydrogen-bond donors (Lipinski definition) is 2. The number of halogens is 18. The fraction of sp³-hybridized carbons (Fsp3) is 0.667. The topological polar surface area (TPSA) is 65.7 Å². The number of nitrogens with one attached hydrogen (secondary N) is 2. The number of H-pyrrole nitrogens is 2. The molecule has 22 heteroatoms. The maximum Gasteiger partial charge on any atom is 0.460 e. The van der Waals surface area contributed by atoms with Crippen molar-refractivity contribution < 1.29 is 79.0 Å². The van der Waals surface area contributed by atoms with E-state index < -0.39 is 70.4 Å². The lowest BCUT2D eigenvalue weighted by Crippen LogP contribution is -2.72. The number of aromatic amines is 2. The summed E-state index contributed by atoms with van der Waals surface area (Å²) in [6, 6.07) is 0. The van der Waals surface area contributed by atoms with E-state index in [0.717, 1.165) is 0 Å². The molecule has 0 radical (unpaired) electrons. The summed E-state index contributed by atoms with van der Waals surface area (Å²) in [4.78, 5) is 22.6. The molecule has 0 atom stereocenters. The summed E-state index contributed by atoms with van der Waals surface area (Å²) in [5.74, 6) is -50.5. The molecule has 34 heavy (non-hydrogen) atoms. The predicted octanol–water partition coefficient (Wildman–Crippen LogP) is 4.91. The van der Waals surface area contributed by atoms with Crippen molar-refractivity contribution in [3.05, 3.63) is 32.1 Å². The Hall–Kier alpha value is -2.58. The molecule has 1 aromatic rings. The van der Waals surface area contributed by atoms with Gasteiger partial charge in [0.1, 0.15) is 11.3 Å². The van der Waals surface area contributed by atoms with Gasteiger partial charge in [0.05, 0.1) is 0 Å². The van der Waals surface area contributed by atoms with Crippen molar-refractivity contribution in [1.82, 2.24) is 9.97 Å². The first-order valence-corrected chi connectivity index (χ1v) is 7.31. The molecule has 1 aromatic heterocycles. The molecule has 0 spiro atoms.